The van der Waals surface area contributed by atoms with Crippen LogP contribution in [0.2, 0.25) is 20.4 Å². The van der Waals surface area contributed by atoms with Gasteiger partial charge in [0.25, 0.3) is 0 Å². The Balaban J connectivity index is 2.27. The second kappa shape index (κ2) is 7.31. The molecule has 0 saturated heterocycles. The second-order valence-corrected chi connectivity index (χ2v) is 5.49. The summed E-state index contributed by atoms with van der Waals surface area (Å²) in [6, 6.07) is 3.22. The minimum Gasteiger partial charge on any atom is -0.463 e. The number of aromatic nitrogens is 3. The van der Waals surface area contributed by atoms with E-state index in [1.165, 1.54) is 6.07 Å². The molecule has 112 valence electrons. The largest absolute Gasteiger partial charge is 0.463 e. The first-order valence-corrected chi connectivity index (χ1v) is 7.46. The zero-order chi connectivity index (χ0) is 15.4. The molecule has 1 heterocycles. The number of ether oxygens (including phenoxy) is 1. The van der Waals surface area contributed by atoms with E-state index in [4.69, 9.17) is 51.1 Å². The Hall–Kier alpha value is -1.01. The molecule has 1 aromatic heterocycles. The number of benzene rings is 1. The third-order valence-electron chi connectivity index (χ3n) is 2.28. The van der Waals surface area contributed by atoms with Crippen LogP contribution in [0.15, 0.2) is 12.1 Å². The molecule has 21 heavy (non-hydrogen) atoms. The highest BCUT2D eigenvalue weighted by atomic mass is 35.5. The van der Waals surface area contributed by atoms with E-state index in [0.717, 1.165) is 6.42 Å². The molecule has 9 heteroatoms. The standard InChI is InChI=1S/C12H10Cl4N4O/c1-2-3-21-12-19-10(16)18-11(20-12)17-9-5-7(14)6(13)4-8(9)15/h4-5H,2-3H2,1H3,(H,17,18,19,20). The average Bonchev–Trinajstić information content (AvgIpc) is 2.42. The molecule has 0 aliphatic carbocycles. The van der Waals surface area contributed by atoms with E-state index >= 15 is 0 Å². The molecule has 0 atom stereocenters. The lowest BCUT2D eigenvalue weighted by atomic mass is 10.3. The third-order valence-corrected chi connectivity index (χ3v) is 3.48. The quantitative estimate of drug-likeness (QED) is 0.752. The van der Waals surface area contributed by atoms with Crippen molar-refractivity contribution in [3.05, 3.63) is 32.5 Å². The fourth-order valence-corrected chi connectivity index (χ4v) is 2.13. The number of nitrogens with zero attached hydrogens (tertiary/aromatic N) is 3. The normalized spacial score (nSPS) is 10.5. The molecule has 0 unspecified atom stereocenters. The van der Waals surface area contributed by atoms with Gasteiger partial charge in [-0.15, -0.1) is 0 Å². The Morgan fingerprint density at radius 1 is 1.00 bits per heavy atom. The van der Waals surface area contributed by atoms with E-state index in [9.17, 15) is 0 Å². The highest BCUT2D eigenvalue weighted by Crippen LogP contribution is 2.33. The molecule has 0 aliphatic rings. The molecule has 0 radical (unpaired) electrons. The van der Waals surface area contributed by atoms with E-state index in [-0.39, 0.29) is 17.2 Å². The van der Waals surface area contributed by atoms with Crippen LogP contribution in [0.4, 0.5) is 11.6 Å². The topological polar surface area (TPSA) is 59.9 Å². The van der Waals surface area contributed by atoms with Crippen molar-refractivity contribution in [3.8, 4) is 6.01 Å². The fraction of sp³-hybridized carbons (Fsp3) is 0.250. The number of hydrogen-bond donors (Lipinski definition) is 1. The van der Waals surface area contributed by atoms with Crippen LogP contribution in [0.25, 0.3) is 0 Å². The first kappa shape index (κ1) is 16.4. The lowest BCUT2D eigenvalue weighted by Gasteiger charge is -2.09. The first-order chi connectivity index (χ1) is 9.99. The SMILES string of the molecule is CCCOc1nc(Cl)nc(Nc2cc(Cl)c(Cl)cc2Cl)n1. The Kier molecular flexibility index (Phi) is 5.70. The molecular weight excluding hydrogens is 358 g/mol. The van der Waals surface area contributed by atoms with E-state index in [1.54, 1.807) is 6.07 Å². The van der Waals surface area contributed by atoms with Crippen molar-refractivity contribution in [1.29, 1.82) is 0 Å². The first-order valence-electron chi connectivity index (χ1n) is 5.95. The van der Waals surface area contributed by atoms with Gasteiger partial charge in [-0.2, -0.15) is 15.0 Å². The van der Waals surface area contributed by atoms with Crippen LogP contribution in [-0.4, -0.2) is 21.6 Å². The van der Waals surface area contributed by atoms with E-state index in [1.807, 2.05) is 6.92 Å². The predicted octanol–water partition coefficient (Wildman–Crippen LogP) is 5.02. The highest BCUT2D eigenvalue weighted by molar-refractivity contribution is 6.44. The molecule has 5 nitrogen and oxygen atoms in total. The van der Waals surface area contributed by atoms with E-state index in [0.29, 0.717) is 27.4 Å². The summed E-state index contributed by atoms with van der Waals surface area (Å²) in [5.74, 6) is 0.196. The molecular formula is C12H10Cl4N4O. The molecule has 0 bridgehead atoms. The average molecular weight is 368 g/mol. The number of hydrogen-bond acceptors (Lipinski definition) is 5. The summed E-state index contributed by atoms with van der Waals surface area (Å²) in [5, 5.41) is 3.98. The molecule has 1 aromatic carbocycles. The van der Waals surface area contributed by atoms with Crippen LogP contribution < -0.4 is 10.1 Å². The van der Waals surface area contributed by atoms with Gasteiger partial charge in [0.05, 0.1) is 27.4 Å². The van der Waals surface area contributed by atoms with Gasteiger partial charge in [0.1, 0.15) is 0 Å². The van der Waals surface area contributed by atoms with Crippen LogP contribution >= 0.6 is 46.4 Å². The van der Waals surface area contributed by atoms with Crippen molar-refractivity contribution >= 4 is 58.0 Å². The molecule has 1 N–H and O–H groups in total. The molecule has 0 fully saturated rings. The van der Waals surface area contributed by atoms with Crippen LogP contribution in [-0.2, 0) is 0 Å². The molecule has 2 aromatic rings. The van der Waals surface area contributed by atoms with Crippen molar-refractivity contribution in [2.45, 2.75) is 13.3 Å². The van der Waals surface area contributed by atoms with Crippen molar-refractivity contribution < 1.29 is 4.74 Å². The van der Waals surface area contributed by atoms with Crippen molar-refractivity contribution in [2.24, 2.45) is 0 Å². The zero-order valence-electron chi connectivity index (χ0n) is 10.8. The minimum atomic E-state index is 0.00906. The lowest BCUT2D eigenvalue weighted by molar-refractivity contribution is 0.292. The highest BCUT2D eigenvalue weighted by Gasteiger charge is 2.10. The van der Waals surface area contributed by atoms with Crippen LogP contribution in [0, 0.1) is 0 Å². The predicted molar refractivity (Wildman–Crippen MR) is 85.4 cm³/mol. The Labute approximate surface area is 141 Å². The van der Waals surface area contributed by atoms with Gasteiger partial charge in [0.2, 0.25) is 11.2 Å². The summed E-state index contributed by atoms with van der Waals surface area (Å²) >= 11 is 23.7. The third kappa shape index (κ3) is 4.48. The smallest absolute Gasteiger partial charge is 0.322 e. The second-order valence-electron chi connectivity index (χ2n) is 3.93. The molecule has 0 amide bonds. The van der Waals surface area contributed by atoms with Crippen molar-refractivity contribution in [3.63, 3.8) is 0 Å². The molecule has 2 rings (SSSR count). The van der Waals surface area contributed by atoms with Crippen LogP contribution in [0.1, 0.15) is 13.3 Å². The number of nitrogens with one attached hydrogen (secondary N) is 1. The van der Waals surface area contributed by atoms with Gasteiger partial charge in [-0.1, -0.05) is 41.7 Å². The molecule has 0 saturated carbocycles. The minimum absolute atomic E-state index is 0.00906. The Morgan fingerprint density at radius 2 is 1.71 bits per heavy atom. The van der Waals surface area contributed by atoms with Gasteiger partial charge in [-0.3, -0.25) is 0 Å². The number of rotatable bonds is 5. The van der Waals surface area contributed by atoms with Gasteiger partial charge in [0.15, 0.2) is 0 Å². The van der Waals surface area contributed by atoms with Gasteiger partial charge in [-0.05, 0) is 30.2 Å². The zero-order valence-corrected chi connectivity index (χ0v) is 13.9. The number of halogens is 4. The fourth-order valence-electron chi connectivity index (χ4n) is 1.38. The van der Waals surface area contributed by atoms with E-state index < -0.39 is 0 Å². The lowest BCUT2D eigenvalue weighted by Crippen LogP contribution is -2.05. The van der Waals surface area contributed by atoms with Crippen LogP contribution in [0.5, 0.6) is 6.01 Å². The van der Waals surface area contributed by atoms with Gasteiger partial charge in [0, 0.05) is 0 Å². The maximum absolute atomic E-state index is 6.07. The number of anilines is 2. The van der Waals surface area contributed by atoms with Crippen molar-refractivity contribution in [1.82, 2.24) is 15.0 Å². The summed E-state index contributed by atoms with van der Waals surface area (Å²) in [6.45, 7) is 2.45. The summed E-state index contributed by atoms with van der Waals surface area (Å²) in [6.07, 6.45) is 0.824. The maximum atomic E-state index is 6.07. The summed E-state index contributed by atoms with van der Waals surface area (Å²) in [5.41, 5.74) is 0.495. The molecule has 0 aliphatic heterocycles. The van der Waals surface area contributed by atoms with Crippen LogP contribution in [0.3, 0.4) is 0 Å². The van der Waals surface area contributed by atoms with Gasteiger partial charge < -0.3 is 10.1 Å². The summed E-state index contributed by atoms with van der Waals surface area (Å²) < 4.78 is 5.32. The van der Waals surface area contributed by atoms with Gasteiger partial charge >= 0.3 is 6.01 Å². The maximum Gasteiger partial charge on any atom is 0.322 e. The Bertz CT molecular complexity index is 653. The monoisotopic (exact) mass is 366 g/mol. The van der Waals surface area contributed by atoms with Crippen molar-refractivity contribution in [2.75, 3.05) is 11.9 Å². The summed E-state index contributed by atoms with van der Waals surface area (Å²) in [4.78, 5) is 11.9. The summed E-state index contributed by atoms with van der Waals surface area (Å²) in [7, 11) is 0. The van der Waals surface area contributed by atoms with Gasteiger partial charge in [-0.25, -0.2) is 0 Å². The Morgan fingerprint density at radius 3 is 2.43 bits per heavy atom. The molecule has 0 spiro atoms. The van der Waals surface area contributed by atoms with E-state index in [2.05, 4.69) is 20.3 Å².